The number of nitrogens with zero attached hydrogens (tertiary/aromatic N) is 2. The number of amides is 2. The maximum absolute atomic E-state index is 13.5. The fourth-order valence-electron chi connectivity index (χ4n) is 3.41. The first kappa shape index (κ1) is 19.8. The predicted octanol–water partition coefficient (Wildman–Crippen LogP) is 3.10. The number of pyridine rings is 1. The van der Waals surface area contributed by atoms with Gasteiger partial charge in [0.15, 0.2) is 11.6 Å². The van der Waals surface area contributed by atoms with Gasteiger partial charge in [0.2, 0.25) is 11.8 Å². The number of halogens is 1. The van der Waals surface area contributed by atoms with Crippen LogP contribution >= 0.6 is 0 Å². The number of rotatable bonds is 6. The van der Waals surface area contributed by atoms with Gasteiger partial charge >= 0.3 is 0 Å². The number of methoxy groups -OCH3 is 1. The van der Waals surface area contributed by atoms with E-state index in [1.54, 1.807) is 23.1 Å². The van der Waals surface area contributed by atoms with Crippen molar-refractivity contribution < 1.29 is 18.7 Å². The summed E-state index contributed by atoms with van der Waals surface area (Å²) in [5.41, 5.74) is 1.63. The lowest BCUT2D eigenvalue weighted by Gasteiger charge is -2.24. The molecule has 148 valence electrons. The van der Waals surface area contributed by atoms with E-state index in [0.717, 1.165) is 17.7 Å². The molecule has 1 N–H and O–H groups in total. The van der Waals surface area contributed by atoms with Crippen molar-refractivity contribution in [3.63, 3.8) is 0 Å². The average molecular weight is 385 g/mol. The second-order valence-corrected chi connectivity index (χ2v) is 6.87. The average Bonchev–Trinajstić information content (AvgIpc) is 3.17. The van der Waals surface area contributed by atoms with Gasteiger partial charge in [-0.25, -0.2) is 9.37 Å². The molecule has 0 aliphatic carbocycles. The molecule has 0 bridgehead atoms. The minimum atomic E-state index is -0.488. The van der Waals surface area contributed by atoms with E-state index in [-0.39, 0.29) is 24.0 Å². The lowest BCUT2D eigenvalue weighted by molar-refractivity contribution is -0.136. The van der Waals surface area contributed by atoms with Gasteiger partial charge in [0, 0.05) is 18.7 Å². The number of nitrogens with one attached hydrogen (secondary N) is 1. The van der Waals surface area contributed by atoms with Crippen LogP contribution in [-0.2, 0) is 16.0 Å². The zero-order chi connectivity index (χ0) is 20.1. The van der Waals surface area contributed by atoms with Crippen LogP contribution in [0.5, 0.6) is 5.75 Å². The van der Waals surface area contributed by atoms with Gasteiger partial charge in [-0.05, 0) is 56.0 Å². The third-order valence-corrected chi connectivity index (χ3v) is 4.86. The standard InChI is InChI=1S/C21H24FN3O3/c1-14-5-3-7-19(23-14)24-21(27)17-6-4-12-25(17)20(26)11-9-15-8-10-16(22)18(13-15)28-2/h3,5,7-8,10,13,17H,4,6,9,11-12H2,1-2H3,(H,23,24,27)/t17-/m0/s1. The Morgan fingerprint density at radius 1 is 1.32 bits per heavy atom. The smallest absolute Gasteiger partial charge is 0.248 e. The van der Waals surface area contributed by atoms with E-state index in [1.807, 2.05) is 19.1 Å². The second kappa shape index (κ2) is 8.82. The SMILES string of the molecule is COc1cc(CCC(=O)N2CCC[C@H]2C(=O)Nc2cccc(C)n2)ccc1F. The first-order chi connectivity index (χ1) is 13.5. The molecular weight excluding hydrogens is 361 g/mol. The van der Waals surface area contributed by atoms with Gasteiger partial charge in [0.25, 0.3) is 0 Å². The quantitative estimate of drug-likeness (QED) is 0.829. The number of carbonyl (C=O) groups excluding carboxylic acids is 2. The second-order valence-electron chi connectivity index (χ2n) is 6.87. The fourth-order valence-corrected chi connectivity index (χ4v) is 3.41. The predicted molar refractivity (Wildman–Crippen MR) is 104 cm³/mol. The number of carbonyl (C=O) groups is 2. The first-order valence-corrected chi connectivity index (χ1v) is 9.34. The maximum atomic E-state index is 13.5. The Labute approximate surface area is 163 Å². The van der Waals surface area contributed by atoms with Crippen molar-refractivity contribution in [2.75, 3.05) is 19.0 Å². The van der Waals surface area contributed by atoms with Crippen LogP contribution in [0.15, 0.2) is 36.4 Å². The molecule has 1 fully saturated rings. The van der Waals surface area contributed by atoms with Crippen molar-refractivity contribution in [1.82, 2.24) is 9.88 Å². The van der Waals surface area contributed by atoms with Crippen molar-refractivity contribution in [1.29, 1.82) is 0 Å². The van der Waals surface area contributed by atoms with Gasteiger partial charge in [-0.1, -0.05) is 12.1 Å². The summed E-state index contributed by atoms with van der Waals surface area (Å²) in [7, 11) is 1.41. The molecule has 3 rings (SSSR count). The van der Waals surface area contributed by atoms with Crippen LogP contribution in [0.2, 0.25) is 0 Å². The third kappa shape index (κ3) is 4.65. The van der Waals surface area contributed by atoms with Crippen LogP contribution < -0.4 is 10.1 Å². The summed E-state index contributed by atoms with van der Waals surface area (Å²) in [6, 6.07) is 9.49. The molecule has 2 amide bonds. The van der Waals surface area contributed by atoms with E-state index < -0.39 is 11.9 Å². The van der Waals surface area contributed by atoms with Gasteiger partial charge in [-0.2, -0.15) is 0 Å². The zero-order valence-corrected chi connectivity index (χ0v) is 16.1. The van der Waals surface area contributed by atoms with E-state index >= 15 is 0 Å². The Balaban J connectivity index is 1.60. The summed E-state index contributed by atoms with van der Waals surface area (Å²) < 4.78 is 18.5. The highest BCUT2D eigenvalue weighted by molar-refractivity contribution is 5.96. The first-order valence-electron chi connectivity index (χ1n) is 9.34. The number of ether oxygens (including phenoxy) is 1. The lowest BCUT2D eigenvalue weighted by atomic mass is 10.1. The molecule has 0 radical (unpaired) electrons. The van der Waals surface area contributed by atoms with Gasteiger partial charge in [-0.15, -0.1) is 0 Å². The van der Waals surface area contributed by atoms with E-state index in [4.69, 9.17) is 4.74 Å². The number of anilines is 1. The maximum Gasteiger partial charge on any atom is 0.248 e. The Hall–Kier alpha value is -2.96. The minimum Gasteiger partial charge on any atom is -0.494 e. The fraction of sp³-hybridized carbons (Fsp3) is 0.381. The molecule has 1 saturated heterocycles. The van der Waals surface area contributed by atoms with Crippen molar-refractivity contribution in [3.8, 4) is 5.75 Å². The summed E-state index contributed by atoms with van der Waals surface area (Å²) in [5.74, 6) is -0.0825. The Morgan fingerprint density at radius 3 is 2.89 bits per heavy atom. The number of likely N-dealkylation sites (tertiary alicyclic amines) is 1. The Morgan fingerprint density at radius 2 is 2.14 bits per heavy atom. The highest BCUT2D eigenvalue weighted by Gasteiger charge is 2.33. The summed E-state index contributed by atoms with van der Waals surface area (Å²) in [5, 5.41) is 2.80. The van der Waals surface area contributed by atoms with Gasteiger partial charge in [-0.3, -0.25) is 9.59 Å². The molecule has 1 aromatic carbocycles. The number of aromatic nitrogens is 1. The molecule has 0 unspecified atom stereocenters. The topological polar surface area (TPSA) is 71.5 Å². The molecule has 28 heavy (non-hydrogen) atoms. The number of aryl methyl sites for hydroxylation is 2. The summed E-state index contributed by atoms with van der Waals surface area (Å²) in [6.45, 7) is 2.41. The molecule has 1 atom stereocenters. The normalized spacial score (nSPS) is 16.1. The zero-order valence-electron chi connectivity index (χ0n) is 16.1. The van der Waals surface area contributed by atoms with Gasteiger partial charge in [0.1, 0.15) is 11.9 Å². The molecular formula is C21H24FN3O3. The summed E-state index contributed by atoms with van der Waals surface area (Å²) in [4.78, 5) is 31.2. The monoisotopic (exact) mass is 385 g/mol. The van der Waals surface area contributed by atoms with Crippen molar-refractivity contribution in [2.45, 2.75) is 38.6 Å². The molecule has 7 heteroatoms. The van der Waals surface area contributed by atoms with Crippen molar-refractivity contribution >= 4 is 17.6 Å². The number of hydrogen-bond acceptors (Lipinski definition) is 4. The van der Waals surface area contributed by atoms with Gasteiger partial charge < -0.3 is 15.0 Å². The molecule has 0 saturated carbocycles. The molecule has 1 aliphatic rings. The van der Waals surface area contributed by atoms with Crippen LogP contribution in [0.1, 0.15) is 30.5 Å². The van der Waals surface area contributed by atoms with E-state index in [9.17, 15) is 14.0 Å². The van der Waals surface area contributed by atoms with Crippen molar-refractivity contribution in [3.05, 3.63) is 53.5 Å². The van der Waals surface area contributed by atoms with Crippen LogP contribution in [-0.4, -0.2) is 41.4 Å². The molecule has 0 spiro atoms. The molecule has 6 nitrogen and oxygen atoms in total. The van der Waals surface area contributed by atoms with E-state index in [2.05, 4.69) is 10.3 Å². The minimum absolute atomic E-state index is 0.0851. The molecule has 1 aliphatic heterocycles. The van der Waals surface area contributed by atoms with E-state index in [0.29, 0.717) is 25.2 Å². The lowest BCUT2D eigenvalue weighted by Crippen LogP contribution is -2.43. The molecule has 2 heterocycles. The summed E-state index contributed by atoms with van der Waals surface area (Å²) >= 11 is 0. The van der Waals surface area contributed by atoms with Crippen LogP contribution in [0, 0.1) is 12.7 Å². The highest BCUT2D eigenvalue weighted by Crippen LogP contribution is 2.22. The largest absolute Gasteiger partial charge is 0.494 e. The third-order valence-electron chi connectivity index (χ3n) is 4.86. The summed E-state index contributed by atoms with van der Waals surface area (Å²) in [6.07, 6.45) is 2.13. The molecule has 2 aromatic rings. The Kier molecular flexibility index (Phi) is 6.23. The van der Waals surface area contributed by atoms with Crippen LogP contribution in [0.25, 0.3) is 0 Å². The number of hydrogen-bond donors (Lipinski definition) is 1. The van der Waals surface area contributed by atoms with Gasteiger partial charge in [0.05, 0.1) is 7.11 Å². The highest BCUT2D eigenvalue weighted by atomic mass is 19.1. The number of benzene rings is 1. The van der Waals surface area contributed by atoms with E-state index in [1.165, 1.54) is 13.2 Å². The Bertz CT molecular complexity index is 872. The van der Waals surface area contributed by atoms with Crippen LogP contribution in [0.3, 0.4) is 0 Å². The van der Waals surface area contributed by atoms with Crippen molar-refractivity contribution in [2.24, 2.45) is 0 Å². The van der Waals surface area contributed by atoms with Crippen LogP contribution in [0.4, 0.5) is 10.2 Å². The molecule has 1 aromatic heterocycles.